The van der Waals surface area contributed by atoms with E-state index in [0.29, 0.717) is 10.1 Å². The van der Waals surface area contributed by atoms with Gasteiger partial charge in [-0.2, -0.15) is 0 Å². The van der Waals surface area contributed by atoms with Crippen LogP contribution in [0.1, 0.15) is 4.88 Å². The average Bonchev–Trinajstić information content (AvgIpc) is 3.35. The molecule has 0 atom stereocenters. The second-order valence-electron chi connectivity index (χ2n) is 6.54. The molecule has 2 heterocycles. The molecular formula is C23H20N2O3S2. The van der Waals surface area contributed by atoms with E-state index >= 15 is 0 Å². The number of carbonyl (C=O) groups is 1. The number of aliphatic imine (C=N–C) groups is 1. The normalized spacial score (nSPS) is 16.5. The lowest BCUT2D eigenvalue weighted by molar-refractivity contribution is -0.121. The predicted octanol–water partition coefficient (Wildman–Crippen LogP) is 5.67. The SMILES string of the molecule is COc1ccc(N=C2S/C(=C\c3cc(-c4cccc(OC)c4)cs3)C(=O)N2C)cc1. The average molecular weight is 437 g/mol. The number of likely N-dealkylation sites (N-methyl/N-ethyl adjacent to an activating group) is 1. The van der Waals surface area contributed by atoms with Crippen molar-refractivity contribution in [3.63, 3.8) is 0 Å². The van der Waals surface area contributed by atoms with Gasteiger partial charge < -0.3 is 9.47 Å². The van der Waals surface area contributed by atoms with Crippen molar-refractivity contribution >= 4 is 45.9 Å². The molecule has 2 aromatic carbocycles. The summed E-state index contributed by atoms with van der Waals surface area (Å²) >= 11 is 2.98. The zero-order valence-electron chi connectivity index (χ0n) is 16.8. The lowest BCUT2D eigenvalue weighted by atomic mass is 10.1. The van der Waals surface area contributed by atoms with Gasteiger partial charge in [-0.05, 0) is 76.8 Å². The highest BCUT2D eigenvalue weighted by Gasteiger charge is 2.30. The molecule has 0 radical (unpaired) electrons. The van der Waals surface area contributed by atoms with Crippen molar-refractivity contribution in [3.05, 3.63) is 69.8 Å². The number of rotatable bonds is 5. The van der Waals surface area contributed by atoms with E-state index in [2.05, 4.69) is 16.4 Å². The first-order chi connectivity index (χ1) is 14.6. The minimum Gasteiger partial charge on any atom is -0.497 e. The van der Waals surface area contributed by atoms with Crippen LogP contribution in [0, 0.1) is 0 Å². The van der Waals surface area contributed by atoms with Crippen molar-refractivity contribution in [2.45, 2.75) is 0 Å². The van der Waals surface area contributed by atoms with E-state index in [0.717, 1.165) is 33.2 Å². The molecule has 7 heteroatoms. The maximum atomic E-state index is 12.7. The Morgan fingerprint density at radius 3 is 2.47 bits per heavy atom. The molecular weight excluding hydrogens is 416 g/mol. The Morgan fingerprint density at radius 2 is 1.73 bits per heavy atom. The molecule has 1 amide bonds. The van der Waals surface area contributed by atoms with Crippen molar-refractivity contribution in [2.24, 2.45) is 4.99 Å². The van der Waals surface area contributed by atoms with E-state index in [4.69, 9.17) is 9.47 Å². The number of hydrogen-bond acceptors (Lipinski definition) is 6. The molecule has 30 heavy (non-hydrogen) atoms. The number of hydrogen-bond donors (Lipinski definition) is 0. The Balaban J connectivity index is 1.56. The number of amides is 1. The Bertz CT molecular complexity index is 1130. The highest BCUT2D eigenvalue weighted by atomic mass is 32.2. The quantitative estimate of drug-likeness (QED) is 0.484. The summed E-state index contributed by atoms with van der Waals surface area (Å²) < 4.78 is 10.5. The van der Waals surface area contributed by atoms with E-state index in [-0.39, 0.29) is 5.91 Å². The minimum atomic E-state index is -0.0522. The van der Waals surface area contributed by atoms with E-state index in [1.165, 1.54) is 11.8 Å². The van der Waals surface area contributed by atoms with E-state index in [1.807, 2.05) is 54.6 Å². The van der Waals surface area contributed by atoms with Gasteiger partial charge >= 0.3 is 0 Å². The second-order valence-corrected chi connectivity index (χ2v) is 8.49. The molecule has 3 aromatic rings. The van der Waals surface area contributed by atoms with Crippen molar-refractivity contribution < 1.29 is 14.3 Å². The van der Waals surface area contributed by atoms with Crippen LogP contribution in [0.2, 0.25) is 0 Å². The Hall–Kier alpha value is -3.03. The van der Waals surface area contributed by atoms with Gasteiger partial charge in [0.1, 0.15) is 11.5 Å². The van der Waals surface area contributed by atoms with Crippen LogP contribution < -0.4 is 9.47 Å². The van der Waals surface area contributed by atoms with Gasteiger partial charge in [-0.25, -0.2) is 4.99 Å². The maximum Gasteiger partial charge on any atom is 0.266 e. The van der Waals surface area contributed by atoms with E-state index in [1.54, 1.807) is 37.5 Å². The summed E-state index contributed by atoms with van der Waals surface area (Å²) in [7, 11) is 5.03. The van der Waals surface area contributed by atoms with Crippen LogP contribution in [0.15, 0.2) is 69.9 Å². The molecule has 0 saturated carbocycles. The summed E-state index contributed by atoms with van der Waals surface area (Å²) in [4.78, 5) is 20.6. The molecule has 1 aliphatic heterocycles. The van der Waals surface area contributed by atoms with Crippen molar-refractivity contribution in [3.8, 4) is 22.6 Å². The predicted molar refractivity (Wildman–Crippen MR) is 125 cm³/mol. The van der Waals surface area contributed by atoms with Crippen LogP contribution in [0.25, 0.3) is 17.2 Å². The smallest absolute Gasteiger partial charge is 0.266 e. The van der Waals surface area contributed by atoms with Crippen LogP contribution >= 0.6 is 23.1 Å². The van der Waals surface area contributed by atoms with Crippen molar-refractivity contribution in [2.75, 3.05) is 21.3 Å². The first kappa shape index (κ1) is 20.3. The lowest BCUT2D eigenvalue weighted by Gasteiger charge is -2.07. The molecule has 0 bridgehead atoms. The minimum absolute atomic E-state index is 0.0522. The molecule has 0 aliphatic carbocycles. The summed E-state index contributed by atoms with van der Waals surface area (Å²) in [6.07, 6.45) is 1.92. The second kappa shape index (κ2) is 8.77. The van der Waals surface area contributed by atoms with Crippen molar-refractivity contribution in [1.82, 2.24) is 4.90 Å². The molecule has 1 aromatic heterocycles. The summed E-state index contributed by atoms with van der Waals surface area (Å²) in [5.41, 5.74) is 2.96. The van der Waals surface area contributed by atoms with E-state index in [9.17, 15) is 4.79 Å². The van der Waals surface area contributed by atoms with Crippen LogP contribution in [0.4, 0.5) is 5.69 Å². The Labute approximate surface area is 183 Å². The van der Waals surface area contributed by atoms with Crippen LogP contribution in [0.3, 0.4) is 0 Å². The number of ether oxygens (including phenoxy) is 2. The fraction of sp³-hybridized carbons (Fsp3) is 0.130. The maximum absolute atomic E-state index is 12.7. The topological polar surface area (TPSA) is 51.1 Å². The summed E-state index contributed by atoms with van der Waals surface area (Å²) in [5, 5.41) is 2.74. The summed E-state index contributed by atoms with van der Waals surface area (Å²) in [5.74, 6) is 1.54. The third-order valence-corrected chi connectivity index (χ3v) is 6.54. The Kier molecular flexibility index (Phi) is 5.92. The van der Waals surface area contributed by atoms with Gasteiger partial charge in [0.2, 0.25) is 0 Å². The number of nitrogens with zero attached hydrogens (tertiary/aromatic N) is 2. The molecule has 1 fully saturated rings. The van der Waals surface area contributed by atoms with Gasteiger partial charge in [-0.1, -0.05) is 12.1 Å². The van der Waals surface area contributed by atoms with Gasteiger partial charge in [0, 0.05) is 11.9 Å². The third kappa shape index (κ3) is 4.27. The number of benzene rings is 2. The highest BCUT2D eigenvalue weighted by molar-refractivity contribution is 8.18. The van der Waals surface area contributed by atoms with E-state index < -0.39 is 0 Å². The number of carbonyl (C=O) groups excluding carboxylic acids is 1. The molecule has 0 N–H and O–H groups in total. The number of amidine groups is 1. The first-order valence-electron chi connectivity index (χ1n) is 9.20. The number of thioether (sulfide) groups is 1. The largest absolute Gasteiger partial charge is 0.497 e. The van der Waals surface area contributed by atoms with Gasteiger partial charge in [0.25, 0.3) is 5.91 Å². The molecule has 0 spiro atoms. The number of methoxy groups -OCH3 is 2. The standard InChI is InChI=1S/C23H20N2O3S2/c1-25-22(26)21(30-23(25)24-17-7-9-18(27-2)10-8-17)13-20-12-16(14-29-20)15-5-4-6-19(11-15)28-3/h4-14H,1-3H3/b21-13-,24-23?. The summed E-state index contributed by atoms with van der Waals surface area (Å²) in [6.45, 7) is 0. The third-order valence-electron chi connectivity index (χ3n) is 4.60. The van der Waals surface area contributed by atoms with Gasteiger partial charge in [-0.3, -0.25) is 9.69 Å². The van der Waals surface area contributed by atoms with Crippen LogP contribution in [0.5, 0.6) is 11.5 Å². The van der Waals surface area contributed by atoms with Gasteiger partial charge in [0.05, 0.1) is 24.8 Å². The van der Waals surface area contributed by atoms with Crippen LogP contribution in [-0.4, -0.2) is 37.2 Å². The lowest BCUT2D eigenvalue weighted by Crippen LogP contribution is -2.23. The molecule has 1 saturated heterocycles. The molecule has 0 unspecified atom stereocenters. The molecule has 152 valence electrons. The number of thiophene rings is 1. The molecule has 1 aliphatic rings. The fourth-order valence-electron chi connectivity index (χ4n) is 2.93. The first-order valence-corrected chi connectivity index (χ1v) is 10.9. The van der Waals surface area contributed by atoms with Crippen LogP contribution in [-0.2, 0) is 4.79 Å². The van der Waals surface area contributed by atoms with Gasteiger partial charge in [-0.15, -0.1) is 11.3 Å². The fourth-order valence-corrected chi connectivity index (χ4v) is 4.83. The molecule has 4 rings (SSSR count). The highest BCUT2D eigenvalue weighted by Crippen LogP contribution is 2.36. The summed E-state index contributed by atoms with van der Waals surface area (Å²) in [6, 6.07) is 17.5. The zero-order chi connectivity index (χ0) is 21.1. The zero-order valence-corrected chi connectivity index (χ0v) is 18.4. The Morgan fingerprint density at radius 1 is 0.967 bits per heavy atom. The molecule has 5 nitrogen and oxygen atoms in total. The monoisotopic (exact) mass is 436 g/mol. The van der Waals surface area contributed by atoms with Gasteiger partial charge in [0.15, 0.2) is 5.17 Å². The van der Waals surface area contributed by atoms with Crippen molar-refractivity contribution in [1.29, 1.82) is 0 Å².